The van der Waals surface area contributed by atoms with E-state index in [0.29, 0.717) is 0 Å². The first kappa shape index (κ1) is 16.7. The third-order valence-electron chi connectivity index (χ3n) is 3.38. The van der Waals surface area contributed by atoms with Crippen molar-refractivity contribution < 1.29 is 39.4 Å². The highest BCUT2D eigenvalue weighted by Gasteiger charge is 2.44. The number of aliphatic hydroxyl groups excluding tert-OH is 4. The molecular weight excluding hydrogens is 296 g/mol. The van der Waals surface area contributed by atoms with Crippen molar-refractivity contribution in [2.45, 2.75) is 30.7 Å². The molecule has 0 aromatic heterocycles. The molecule has 1 aromatic rings. The van der Waals surface area contributed by atoms with Crippen LogP contribution < -0.4 is 4.74 Å². The van der Waals surface area contributed by atoms with Crippen molar-refractivity contribution in [2.24, 2.45) is 0 Å². The maximum absolute atomic E-state index is 11.7. The van der Waals surface area contributed by atoms with Crippen LogP contribution in [0.25, 0.3) is 0 Å². The minimum absolute atomic E-state index is 0.0821. The van der Waals surface area contributed by atoms with E-state index in [1.807, 2.05) is 0 Å². The van der Waals surface area contributed by atoms with E-state index < -0.39 is 43.3 Å². The number of esters is 1. The molecule has 0 unspecified atom stereocenters. The normalized spacial score (nSPS) is 31.6. The van der Waals surface area contributed by atoms with E-state index in [-0.39, 0.29) is 11.3 Å². The highest BCUT2D eigenvalue weighted by atomic mass is 16.7. The summed E-state index contributed by atoms with van der Waals surface area (Å²) in [6.07, 6.45) is -7.03. The molecule has 2 rings (SSSR count). The van der Waals surface area contributed by atoms with Gasteiger partial charge >= 0.3 is 5.97 Å². The summed E-state index contributed by atoms with van der Waals surface area (Å²) in [6.45, 7) is -0.566. The predicted molar refractivity (Wildman–Crippen MR) is 72.2 cm³/mol. The Morgan fingerprint density at radius 1 is 1.18 bits per heavy atom. The molecule has 0 saturated carbocycles. The number of hydrogen-bond donors (Lipinski definition) is 4. The van der Waals surface area contributed by atoms with E-state index >= 15 is 0 Å². The number of ether oxygens (including phenoxy) is 3. The van der Waals surface area contributed by atoms with Crippen LogP contribution in [0.2, 0.25) is 0 Å². The lowest BCUT2D eigenvalue weighted by molar-refractivity contribution is -0.277. The van der Waals surface area contributed by atoms with Gasteiger partial charge in [0, 0.05) is 0 Å². The van der Waals surface area contributed by atoms with Crippen LogP contribution in [-0.2, 0) is 9.47 Å². The van der Waals surface area contributed by atoms with Gasteiger partial charge in [0.25, 0.3) is 0 Å². The molecule has 0 aliphatic carbocycles. The van der Waals surface area contributed by atoms with Crippen LogP contribution in [0.3, 0.4) is 0 Å². The number of rotatable bonds is 4. The first-order valence-electron chi connectivity index (χ1n) is 6.64. The van der Waals surface area contributed by atoms with Crippen LogP contribution in [0.15, 0.2) is 24.3 Å². The second-order valence-electron chi connectivity index (χ2n) is 4.80. The second kappa shape index (κ2) is 7.03. The van der Waals surface area contributed by atoms with Gasteiger partial charge in [0.05, 0.1) is 13.7 Å². The van der Waals surface area contributed by atoms with Crippen molar-refractivity contribution >= 4 is 5.97 Å². The molecule has 0 radical (unpaired) electrons. The van der Waals surface area contributed by atoms with Gasteiger partial charge in [0.15, 0.2) is 0 Å². The number of methoxy groups -OCH3 is 1. The van der Waals surface area contributed by atoms with Gasteiger partial charge in [-0.25, -0.2) is 4.79 Å². The fraction of sp³-hybridized carbons (Fsp3) is 0.500. The van der Waals surface area contributed by atoms with Gasteiger partial charge in [-0.3, -0.25) is 0 Å². The predicted octanol–water partition coefficient (Wildman–Crippen LogP) is -1.35. The third kappa shape index (κ3) is 3.21. The molecule has 1 aliphatic heterocycles. The Morgan fingerprint density at radius 2 is 1.86 bits per heavy atom. The number of para-hydroxylation sites is 1. The van der Waals surface area contributed by atoms with Crippen LogP contribution in [0.5, 0.6) is 5.75 Å². The fourth-order valence-electron chi connectivity index (χ4n) is 2.14. The topological polar surface area (TPSA) is 126 Å². The maximum Gasteiger partial charge on any atom is 0.341 e. The molecule has 0 spiro atoms. The van der Waals surface area contributed by atoms with Crippen LogP contribution in [0.1, 0.15) is 10.4 Å². The van der Waals surface area contributed by atoms with E-state index in [1.165, 1.54) is 19.2 Å². The lowest BCUT2D eigenvalue weighted by atomic mass is 9.99. The first-order valence-corrected chi connectivity index (χ1v) is 6.64. The molecule has 0 amide bonds. The van der Waals surface area contributed by atoms with Gasteiger partial charge in [-0.05, 0) is 12.1 Å². The first-order chi connectivity index (χ1) is 10.5. The van der Waals surface area contributed by atoms with Crippen molar-refractivity contribution in [3.8, 4) is 5.75 Å². The number of carbonyl (C=O) groups excluding carboxylic acids is 1. The van der Waals surface area contributed by atoms with Crippen molar-refractivity contribution in [3.63, 3.8) is 0 Å². The molecule has 8 heteroatoms. The summed E-state index contributed by atoms with van der Waals surface area (Å²) in [7, 11) is 1.22. The summed E-state index contributed by atoms with van der Waals surface area (Å²) >= 11 is 0. The summed E-state index contributed by atoms with van der Waals surface area (Å²) in [5.74, 6) is -0.557. The minimum atomic E-state index is -1.55. The smallest absolute Gasteiger partial charge is 0.341 e. The molecule has 8 nitrogen and oxygen atoms in total. The Hall–Kier alpha value is -1.71. The number of benzene rings is 1. The zero-order chi connectivity index (χ0) is 16.3. The number of hydrogen-bond acceptors (Lipinski definition) is 8. The molecule has 5 atom stereocenters. The van der Waals surface area contributed by atoms with Gasteiger partial charge in [-0.1, -0.05) is 12.1 Å². The van der Waals surface area contributed by atoms with Gasteiger partial charge in [0.1, 0.15) is 35.7 Å². The molecule has 0 bridgehead atoms. The summed E-state index contributed by atoms with van der Waals surface area (Å²) in [5, 5.41) is 38.4. The van der Waals surface area contributed by atoms with E-state index in [1.54, 1.807) is 12.1 Å². The zero-order valence-corrected chi connectivity index (χ0v) is 11.8. The van der Waals surface area contributed by atoms with E-state index in [4.69, 9.17) is 14.6 Å². The van der Waals surface area contributed by atoms with Crippen molar-refractivity contribution in [1.82, 2.24) is 0 Å². The van der Waals surface area contributed by atoms with Crippen molar-refractivity contribution in [1.29, 1.82) is 0 Å². The zero-order valence-electron chi connectivity index (χ0n) is 11.8. The molecule has 1 saturated heterocycles. The Morgan fingerprint density at radius 3 is 2.50 bits per heavy atom. The molecule has 1 heterocycles. The monoisotopic (exact) mass is 314 g/mol. The van der Waals surface area contributed by atoms with E-state index in [0.717, 1.165) is 0 Å². The van der Waals surface area contributed by atoms with Crippen LogP contribution in [0.4, 0.5) is 0 Å². The van der Waals surface area contributed by atoms with Gasteiger partial charge < -0.3 is 34.6 Å². The Bertz CT molecular complexity index is 517. The molecule has 4 N–H and O–H groups in total. The maximum atomic E-state index is 11.7. The number of aliphatic hydroxyl groups is 4. The largest absolute Gasteiger partial charge is 0.465 e. The Labute approximate surface area is 126 Å². The van der Waals surface area contributed by atoms with Crippen LogP contribution in [0, 0.1) is 0 Å². The van der Waals surface area contributed by atoms with Gasteiger partial charge in [-0.15, -0.1) is 0 Å². The van der Waals surface area contributed by atoms with Crippen LogP contribution >= 0.6 is 0 Å². The summed E-state index contributed by atoms with van der Waals surface area (Å²) < 4.78 is 15.3. The van der Waals surface area contributed by atoms with Gasteiger partial charge in [0.2, 0.25) is 6.29 Å². The molecule has 1 fully saturated rings. The molecule has 1 aromatic carbocycles. The summed E-state index contributed by atoms with van der Waals surface area (Å²) in [4.78, 5) is 11.7. The average Bonchev–Trinajstić information content (AvgIpc) is 2.55. The molecule has 122 valence electrons. The van der Waals surface area contributed by atoms with E-state index in [9.17, 15) is 20.1 Å². The van der Waals surface area contributed by atoms with Crippen molar-refractivity contribution in [2.75, 3.05) is 13.7 Å². The quantitative estimate of drug-likeness (QED) is 0.503. The average molecular weight is 314 g/mol. The highest BCUT2D eigenvalue weighted by molar-refractivity contribution is 5.92. The fourth-order valence-corrected chi connectivity index (χ4v) is 2.14. The standard InChI is InChI=1S/C14H18O8/c1-20-13(19)7-4-2-3-5-8(7)21-14-12(18)11(17)10(16)9(6-15)22-14/h2-5,9-12,14-18H,6H2,1H3/t9-,10+,11+,12+,14-/m0/s1. The Balaban J connectivity index is 2.21. The van der Waals surface area contributed by atoms with E-state index in [2.05, 4.69) is 4.74 Å². The minimum Gasteiger partial charge on any atom is -0.465 e. The summed E-state index contributed by atoms with van der Waals surface area (Å²) in [6, 6.07) is 6.14. The number of carbonyl (C=O) groups is 1. The summed E-state index contributed by atoms with van der Waals surface area (Å²) in [5.41, 5.74) is 0.113. The lowest BCUT2D eigenvalue weighted by Gasteiger charge is -2.39. The SMILES string of the molecule is COC(=O)c1ccccc1O[C@H]1O[C@@H](CO)[C@@H](O)[C@@H](O)[C@H]1O. The molecule has 1 aliphatic rings. The molecular formula is C14H18O8. The third-order valence-corrected chi connectivity index (χ3v) is 3.38. The van der Waals surface area contributed by atoms with Crippen LogP contribution in [-0.4, -0.2) is 70.8 Å². The van der Waals surface area contributed by atoms with Gasteiger partial charge in [-0.2, -0.15) is 0 Å². The highest BCUT2D eigenvalue weighted by Crippen LogP contribution is 2.26. The van der Waals surface area contributed by atoms with Crippen molar-refractivity contribution in [3.05, 3.63) is 29.8 Å². The Kier molecular flexibility index (Phi) is 5.33. The second-order valence-corrected chi connectivity index (χ2v) is 4.80. The lowest BCUT2D eigenvalue weighted by Crippen LogP contribution is -2.60. The molecule has 22 heavy (non-hydrogen) atoms.